The van der Waals surface area contributed by atoms with Gasteiger partial charge < -0.3 is 19.3 Å². The van der Waals surface area contributed by atoms with Crippen molar-refractivity contribution in [2.24, 2.45) is 5.92 Å². The second-order valence-corrected chi connectivity index (χ2v) is 9.45. The molecule has 0 unspecified atom stereocenters. The van der Waals surface area contributed by atoms with Gasteiger partial charge in [0.25, 0.3) is 0 Å². The lowest BCUT2D eigenvalue weighted by Gasteiger charge is -2.24. The second-order valence-electron chi connectivity index (χ2n) is 8.30. The smallest absolute Gasteiger partial charge is 0.341 e. The highest BCUT2D eigenvalue weighted by molar-refractivity contribution is 7.99. The molecule has 0 aromatic heterocycles. The van der Waals surface area contributed by atoms with Gasteiger partial charge in [-0.15, -0.1) is 0 Å². The molecular weight excluding hydrogens is 438 g/mol. The van der Waals surface area contributed by atoms with E-state index >= 15 is 0 Å². The van der Waals surface area contributed by atoms with Crippen LogP contribution in [0.15, 0.2) is 46.2 Å². The summed E-state index contributed by atoms with van der Waals surface area (Å²) in [5.41, 5.74) is 1.81. The van der Waals surface area contributed by atoms with Crippen molar-refractivity contribution in [1.82, 2.24) is 4.90 Å². The van der Waals surface area contributed by atoms with Crippen LogP contribution in [0.4, 0.5) is 0 Å². The van der Waals surface area contributed by atoms with Gasteiger partial charge in [-0.05, 0) is 54.8 Å². The Morgan fingerprint density at radius 3 is 2.64 bits per heavy atom. The van der Waals surface area contributed by atoms with Gasteiger partial charge in [0.15, 0.2) is 6.61 Å². The van der Waals surface area contributed by atoms with Gasteiger partial charge in [0.1, 0.15) is 11.5 Å². The largest absolute Gasteiger partial charge is 0.493 e. The van der Waals surface area contributed by atoms with Crippen LogP contribution < -0.4 is 9.47 Å². The Hall–Kier alpha value is -2.66. The summed E-state index contributed by atoms with van der Waals surface area (Å²) in [5, 5.41) is 8.82. The average Bonchev–Trinajstić information content (AvgIpc) is 2.78. The van der Waals surface area contributed by atoms with E-state index in [-0.39, 0.29) is 6.61 Å². The second kappa shape index (κ2) is 12.5. The Bertz CT molecular complexity index is 1010. The molecule has 2 aromatic carbocycles. The number of hydrogen-bond donors (Lipinski definition) is 1. The minimum absolute atomic E-state index is 0.352. The molecule has 0 bridgehead atoms. The van der Waals surface area contributed by atoms with Gasteiger partial charge in [-0.3, -0.25) is 4.90 Å². The number of rotatable bonds is 9. The van der Waals surface area contributed by atoms with E-state index in [1.165, 1.54) is 0 Å². The zero-order chi connectivity index (χ0) is 23.6. The third-order valence-electron chi connectivity index (χ3n) is 4.84. The normalized spacial score (nSPS) is 13.9. The number of ether oxygens (including phenoxy) is 3. The Labute approximate surface area is 200 Å². The third-order valence-corrected chi connectivity index (χ3v) is 5.80. The molecule has 1 heterocycles. The first kappa shape index (κ1) is 25.0. The predicted molar refractivity (Wildman–Crippen MR) is 129 cm³/mol. The first-order valence-electron chi connectivity index (χ1n) is 11.1. The summed E-state index contributed by atoms with van der Waals surface area (Å²) in [7, 11) is 0. The van der Waals surface area contributed by atoms with Crippen LogP contribution in [-0.4, -0.2) is 62.0 Å². The van der Waals surface area contributed by atoms with E-state index in [9.17, 15) is 4.79 Å². The van der Waals surface area contributed by atoms with E-state index in [0.29, 0.717) is 18.3 Å². The maximum atomic E-state index is 10.8. The number of benzene rings is 2. The predicted octanol–water partition coefficient (Wildman–Crippen LogP) is 4.33. The topological polar surface area (TPSA) is 68.2 Å². The minimum Gasteiger partial charge on any atom is -0.493 e. The maximum Gasteiger partial charge on any atom is 0.341 e. The molecule has 0 aliphatic carbocycles. The summed E-state index contributed by atoms with van der Waals surface area (Å²) in [6.07, 6.45) is 0. The molecule has 176 valence electrons. The average molecular weight is 470 g/mol. The van der Waals surface area contributed by atoms with E-state index < -0.39 is 5.97 Å². The molecule has 0 saturated carbocycles. The van der Waals surface area contributed by atoms with Crippen LogP contribution in [-0.2, 0) is 9.53 Å². The molecule has 2 aromatic rings. The van der Waals surface area contributed by atoms with Crippen molar-refractivity contribution in [3.05, 3.63) is 47.5 Å². The number of nitrogens with zero attached hydrogens (tertiary/aromatic N) is 1. The third kappa shape index (κ3) is 8.65. The zero-order valence-corrected chi connectivity index (χ0v) is 20.2. The highest BCUT2D eigenvalue weighted by atomic mass is 32.2. The van der Waals surface area contributed by atoms with E-state index in [0.717, 1.165) is 59.5 Å². The molecule has 1 saturated heterocycles. The molecule has 33 heavy (non-hydrogen) atoms. The molecule has 1 aliphatic rings. The van der Waals surface area contributed by atoms with Gasteiger partial charge in [-0.25, -0.2) is 4.79 Å². The fourth-order valence-corrected chi connectivity index (χ4v) is 4.19. The number of hydrogen-bond acceptors (Lipinski definition) is 6. The van der Waals surface area contributed by atoms with Crippen molar-refractivity contribution in [2.75, 3.05) is 46.1 Å². The molecule has 0 atom stereocenters. The quantitative estimate of drug-likeness (QED) is 0.548. The van der Waals surface area contributed by atoms with Gasteiger partial charge in [0, 0.05) is 28.4 Å². The summed E-state index contributed by atoms with van der Waals surface area (Å²) in [4.78, 5) is 15.1. The first-order chi connectivity index (χ1) is 15.9. The molecule has 3 rings (SSSR count). The van der Waals surface area contributed by atoms with E-state index in [4.69, 9.17) is 19.3 Å². The van der Waals surface area contributed by atoms with Gasteiger partial charge in [-0.1, -0.05) is 37.5 Å². The van der Waals surface area contributed by atoms with Crippen molar-refractivity contribution < 1.29 is 24.1 Å². The van der Waals surface area contributed by atoms with Crippen LogP contribution in [0.5, 0.6) is 11.5 Å². The van der Waals surface area contributed by atoms with Crippen LogP contribution in [0, 0.1) is 24.7 Å². The zero-order valence-electron chi connectivity index (χ0n) is 19.4. The fourth-order valence-electron chi connectivity index (χ4n) is 3.18. The lowest BCUT2D eigenvalue weighted by atomic mass is 10.2. The van der Waals surface area contributed by atoms with E-state index in [1.54, 1.807) is 11.8 Å². The molecule has 0 amide bonds. The van der Waals surface area contributed by atoms with E-state index in [2.05, 4.69) is 36.7 Å². The molecule has 1 aliphatic heterocycles. The number of aryl methyl sites for hydroxylation is 1. The van der Waals surface area contributed by atoms with Crippen molar-refractivity contribution in [3.8, 4) is 23.3 Å². The molecule has 7 heteroatoms. The van der Waals surface area contributed by atoms with Crippen LogP contribution in [0.1, 0.15) is 25.0 Å². The van der Waals surface area contributed by atoms with Crippen molar-refractivity contribution in [2.45, 2.75) is 30.6 Å². The van der Waals surface area contributed by atoms with E-state index in [1.807, 2.05) is 37.3 Å². The van der Waals surface area contributed by atoms with Crippen molar-refractivity contribution in [1.29, 1.82) is 0 Å². The SMILES string of the molecule is Cc1cc(Sc2cc(C#CCN3CCOCC3)cc(OCC(C)C)c2)ccc1OCC(=O)O. The summed E-state index contributed by atoms with van der Waals surface area (Å²) in [6, 6.07) is 11.8. The van der Waals surface area contributed by atoms with Crippen molar-refractivity contribution in [3.63, 3.8) is 0 Å². The number of carbonyl (C=O) groups is 1. The Morgan fingerprint density at radius 1 is 1.15 bits per heavy atom. The molecule has 0 spiro atoms. The Morgan fingerprint density at radius 2 is 1.94 bits per heavy atom. The number of carboxylic acid groups (broad SMARTS) is 1. The Balaban J connectivity index is 1.75. The van der Waals surface area contributed by atoms with Gasteiger partial charge in [0.2, 0.25) is 0 Å². The van der Waals surface area contributed by atoms with Crippen LogP contribution >= 0.6 is 11.8 Å². The Kier molecular flexibility index (Phi) is 9.49. The first-order valence-corrected chi connectivity index (χ1v) is 11.9. The van der Waals surface area contributed by atoms with Crippen LogP contribution in [0.25, 0.3) is 0 Å². The molecule has 1 N–H and O–H groups in total. The summed E-state index contributed by atoms with van der Waals surface area (Å²) >= 11 is 1.61. The number of carboxylic acids is 1. The molecule has 0 radical (unpaired) electrons. The molecule has 6 nitrogen and oxygen atoms in total. The lowest BCUT2D eigenvalue weighted by molar-refractivity contribution is -0.139. The fraction of sp³-hybridized carbons (Fsp3) is 0.423. The summed E-state index contributed by atoms with van der Waals surface area (Å²) in [6.45, 7) is 10.5. The highest BCUT2D eigenvalue weighted by Gasteiger charge is 2.09. The standard InChI is InChI=1S/C26H31NO5S/c1-19(2)17-31-22-14-21(5-4-8-27-9-11-30-12-10-27)15-24(16-22)33-23-6-7-25(20(3)13-23)32-18-26(28)29/h6-7,13-16,19H,8-12,17-18H2,1-3H3,(H,28,29). The van der Waals surface area contributed by atoms with Gasteiger partial charge in [-0.2, -0.15) is 0 Å². The monoisotopic (exact) mass is 469 g/mol. The maximum absolute atomic E-state index is 10.8. The minimum atomic E-state index is -0.992. The van der Waals surface area contributed by atoms with Crippen LogP contribution in [0.3, 0.4) is 0 Å². The highest BCUT2D eigenvalue weighted by Crippen LogP contribution is 2.34. The summed E-state index contributed by atoms with van der Waals surface area (Å²) in [5.74, 6) is 7.40. The van der Waals surface area contributed by atoms with Crippen LogP contribution in [0.2, 0.25) is 0 Å². The van der Waals surface area contributed by atoms with Crippen molar-refractivity contribution >= 4 is 17.7 Å². The lowest BCUT2D eigenvalue weighted by Crippen LogP contribution is -2.36. The molecular formula is C26H31NO5S. The van der Waals surface area contributed by atoms with Gasteiger partial charge in [0.05, 0.1) is 26.4 Å². The summed E-state index contributed by atoms with van der Waals surface area (Å²) < 4.78 is 16.7. The van der Waals surface area contributed by atoms with Gasteiger partial charge >= 0.3 is 5.97 Å². The molecule has 1 fully saturated rings. The number of morpholine rings is 1. The number of aliphatic carboxylic acids is 1.